The standard InChI is InChI=1S/C14H25N3/c1-6-12-11(8-9-17-14(3,4)5)13(7-2)16-10-15-12/h10,17H,6-9H2,1-5H3. The Labute approximate surface area is 105 Å². The van der Waals surface area contributed by atoms with E-state index in [1.54, 1.807) is 6.33 Å². The maximum absolute atomic E-state index is 4.38. The molecule has 3 heteroatoms. The number of aryl methyl sites for hydroxylation is 2. The molecule has 1 rings (SSSR count). The van der Waals surface area contributed by atoms with E-state index in [4.69, 9.17) is 0 Å². The molecule has 0 aliphatic carbocycles. The van der Waals surface area contributed by atoms with Crippen molar-refractivity contribution in [2.24, 2.45) is 0 Å². The summed E-state index contributed by atoms with van der Waals surface area (Å²) in [5.41, 5.74) is 3.92. The van der Waals surface area contributed by atoms with E-state index in [2.05, 4.69) is 49.9 Å². The van der Waals surface area contributed by atoms with Gasteiger partial charge in [-0.15, -0.1) is 0 Å². The molecule has 0 aliphatic heterocycles. The van der Waals surface area contributed by atoms with Gasteiger partial charge in [0, 0.05) is 16.9 Å². The van der Waals surface area contributed by atoms with Crippen LogP contribution in [0.15, 0.2) is 6.33 Å². The molecule has 0 aromatic carbocycles. The van der Waals surface area contributed by atoms with Gasteiger partial charge in [-0.3, -0.25) is 0 Å². The quantitative estimate of drug-likeness (QED) is 0.852. The molecule has 1 N–H and O–H groups in total. The molecule has 0 unspecified atom stereocenters. The number of nitrogens with zero attached hydrogens (tertiary/aromatic N) is 2. The Morgan fingerprint density at radius 2 is 1.59 bits per heavy atom. The second kappa shape index (κ2) is 6.10. The summed E-state index contributed by atoms with van der Waals surface area (Å²) in [6.07, 6.45) is 4.68. The zero-order valence-corrected chi connectivity index (χ0v) is 11.8. The number of hydrogen-bond donors (Lipinski definition) is 1. The van der Waals surface area contributed by atoms with E-state index in [0.29, 0.717) is 0 Å². The van der Waals surface area contributed by atoms with Crippen LogP contribution in [0, 0.1) is 0 Å². The molecule has 17 heavy (non-hydrogen) atoms. The third kappa shape index (κ3) is 4.43. The van der Waals surface area contributed by atoms with E-state index < -0.39 is 0 Å². The summed E-state index contributed by atoms with van der Waals surface area (Å²) in [5, 5.41) is 3.52. The summed E-state index contributed by atoms with van der Waals surface area (Å²) in [4.78, 5) is 8.76. The van der Waals surface area contributed by atoms with Gasteiger partial charge in [-0.1, -0.05) is 13.8 Å². The van der Waals surface area contributed by atoms with Crippen molar-refractivity contribution in [1.29, 1.82) is 0 Å². The van der Waals surface area contributed by atoms with Gasteiger partial charge < -0.3 is 5.32 Å². The fourth-order valence-electron chi connectivity index (χ4n) is 1.95. The number of aromatic nitrogens is 2. The van der Waals surface area contributed by atoms with Crippen molar-refractivity contribution in [2.45, 2.75) is 59.4 Å². The monoisotopic (exact) mass is 235 g/mol. The van der Waals surface area contributed by atoms with Gasteiger partial charge in [0.25, 0.3) is 0 Å². The Hall–Kier alpha value is -0.960. The summed E-state index contributed by atoms with van der Waals surface area (Å²) in [5.74, 6) is 0. The lowest BCUT2D eigenvalue weighted by atomic mass is 10.0. The van der Waals surface area contributed by atoms with E-state index in [1.807, 2.05) is 0 Å². The molecule has 0 spiro atoms. The van der Waals surface area contributed by atoms with Crippen LogP contribution in [-0.4, -0.2) is 22.1 Å². The predicted octanol–water partition coefficient (Wildman–Crippen LogP) is 2.53. The van der Waals surface area contributed by atoms with Crippen LogP contribution in [0.4, 0.5) is 0 Å². The summed E-state index contributed by atoms with van der Waals surface area (Å²) in [7, 11) is 0. The van der Waals surface area contributed by atoms with Crippen LogP contribution in [0.5, 0.6) is 0 Å². The molecular weight excluding hydrogens is 210 g/mol. The van der Waals surface area contributed by atoms with Crippen molar-refractivity contribution in [2.75, 3.05) is 6.54 Å². The van der Waals surface area contributed by atoms with Gasteiger partial charge in [-0.05, 0) is 52.1 Å². The minimum absolute atomic E-state index is 0.175. The van der Waals surface area contributed by atoms with E-state index in [-0.39, 0.29) is 5.54 Å². The molecule has 1 aromatic rings. The third-order valence-electron chi connectivity index (χ3n) is 2.82. The van der Waals surface area contributed by atoms with Gasteiger partial charge in [0.2, 0.25) is 0 Å². The molecule has 3 nitrogen and oxygen atoms in total. The molecule has 0 atom stereocenters. The second-order valence-electron chi connectivity index (χ2n) is 5.38. The number of nitrogens with one attached hydrogen (secondary N) is 1. The van der Waals surface area contributed by atoms with Crippen molar-refractivity contribution < 1.29 is 0 Å². The zero-order chi connectivity index (χ0) is 12.9. The van der Waals surface area contributed by atoms with Crippen molar-refractivity contribution >= 4 is 0 Å². The highest BCUT2D eigenvalue weighted by Gasteiger charge is 2.11. The van der Waals surface area contributed by atoms with Crippen LogP contribution in [-0.2, 0) is 19.3 Å². The van der Waals surface area contributed by atoms with Crippen LogP contribution in [0.3, 0.4) is 0 Å². The molecule has 1 aromatic heterocycles. The van der Waals surface area contributed by atoms with Crippen molar-refractivity contribution in [3.63, 3.8) is 0 Å². The Balaban J connectivity index is 2.74. The molecule has 0 aliphatic rings. The van der Waals surface area contributed by atoms with E-state index in [1.165, 1.54) is 17.0 Å². The van der Waals surface area contributed by atoms with Gasteiger partial charge in [0.1, 0.15) is 6.33 Å². The first kappa shape index (κ1) is 14.1. The highest BCUT2D eigenvalue weighted by molar-refractivity contribution is 5.25. The zero-order valence-electron chi connectivity index (χ0n) is 11.8. The molecule has 96 valence electrons. The second-order valence-corrected chi connectivity index (χ2v) is 5.38. The van der Waals surface area contributed by atoms with Crippen molar-refractivity contribution in [1.82, 2.24) is 15.3 Å². The van der Waals surface area contributed by atoms with Crippen molar-refractivity contribution in [3.8, 4) is 0 Å². The molecular formula is C14H25N3. The first-order chi connectivity index (χ1) is 7.98. The molecule has 0 bridgehead atoms. The van der Waals surface area contributed by atoms with Gasteiger partial charge in [0.05, 0.1) is 0 Å². The Morgan fingerprint density at radius 3 is 2.00 bits per heavy atom. The number of hydrogen-bond acceptors (Lipinski definition) is 3. The average Bonchev–Trinajstić information content (AvgIpc) is 2.27. The lowest BCUT2D eigenvalue weighted by Gasteiger charge is -2.21. The van der Waals surface area contributed by atoms with Gasteiger partial charge >= 0.3 is 0 Å². The van der Waals surface area contributed by atoms with Crippen LogP contribution in [0.1, 0.15) is 51.6 Å². The third-order valence-corrected chi connectivity index (χ3v) is 2.82. The average molecular weight is 235 g/mol. The predicted molar refractivity (Wildman–Crippen MR) is 72.2 cm³/mol. The van der Waals surface area contributed by atoms with Crippen molar-refractivity contribution in [3.05, 3.63) is 23.3 Å². The SMILES string of the molecule is CCc1ncnc(CC)c1CCNC(C)(C)C. The highest BCUT2D eigenvalue weighted by atomic mass is 14.9. The molecule has 0 radical (unpaired) electrons. The summed E-state index contributed by atoms with van der Waals surface area (Å²) in [6.45, 7) is 11.9. The molecule has 0 saturated carbocycles. The Kier molecular flexibility index (Phi) is 5.06. The maximum Gasteiger partial charge on any atom is 0.115 e. The van der Waals surface area contributed by atoms with E-state index >= 15 is 0 Å². The lowest BCUT2D eigenvalue weighted by molar-refractivity contribution is 0.428. The smallest absolute Gasteiger partial charge is 0.115 e. The first-order valence-corrected chi connectivity index (χ1v) is 6.54. The topological polar surface area (TPSA) is 37.8 Å². The molecule has 1 heterocycles. The summed E-state index contributed by atoms with van der Waals surface area (Å²) in [6, 6.07) is 0. The van der Waals surface area contributed by atoms with Crippen LogP contribution in [0.2, 0.25) is 0 Å². The Bertz CT molecular complexity index is 331. The molecule has 0 saturated heterocycles. The fraction of sp³-hybridized carbons (Fsp3) is 0.714. The van der Waals surface area contributed by atoms with Gasteiger partial charge in [-0.2, -0.15) is 0 Å². The van der Waals surface area contributed by atoms with Gasteiger partial charge in [0.15, 0.2) is 0 Å². The van der Waals surface area contributed by atoms with Crippen LogP contribution in [0.25, 0.3) is 0 Å². The van der Waals surface area contributed by atoms with E-state index in [0.717, 1.165) is 25.8 Å². The molecule has 0 fully saturated rings. The Morgan fingerprint density at radius 1 is 1.06 bits per heavy atom. The highest BCUT2D eigenvalue weighted by Crippen LogP contribution is 2.12. The lowest BCUT2D eigenvalue weighted by Crippen LogP contribution is -2.37. The minimum Gasteiger partial charge on any atom is -0.312 e. The minimum atomic E-state index is 0.175. The maximum atomic E-state index is 4.38. The van der Waals surface area contributed by atoms with Crippen LogP contribution >= 0.6 is 0 Å². The van der Waals surface area contributed by atoms with Crippen LogP contribution < -0.4 is 5.32 Å². The summed E-state index contributed by atoms with van der Waals surface area (Å²) >= 11 is 0. The van der Waals surface area contributed by atoms with Gasteiger partial charge in [-0.25, -0.2) is 9.97 Å². The first-order valence-electron chi connectivity index (χ1n) is 6.54. The fourth-order valence-corrected chi connectivity index (χ4v) is 1.95. The van der Waals surface area contributed by atoms with E-state index in [9.17, 15) is 0 Å². The molecule has 0 amide bonds. The normalized spacial score (nSPS) is 11.8. The largest absolute Gasteiger partial charge is 0.312 e. The summed E-state index contributed by atoms with van der Waals surface area (Å²) < 4.78 is 0. The number of rotatable bonds is 5.